The number of hydrogen-bond donors (Lipinski definition) is 0. The maximum Gasteiger partial charge on any atom is 0.125 e. The van der Waals surface area contributed by atoms with Crippen LogP contribution in [0.5, 0.6) is 0 Å². The molecular formula is C12H20N2S. The second-order valence-electron chi connectivity index (χ2n) is 3.44. The third kappa shape index (κ3) is 3.20. The summed E-state index contributed by atoms with van der Waals surface area (Å²) >= 11 is 2.00. The predicted molar refractivity (Wildman–Crippen MR) is 67.3 cm³/mol. The molecule has 15 heavy (non-hydrogen) atoms. The van der Waals surface area contributed by atoms with Crippen molar-refractivity contribution in [3.63, 3.8) is 0 Å². The van der Waals surface area contributed by atoms with Gasteiger partial charge >= 0.3 is 0 Å². The van der Waals surface area contributed by atoms with Gasteiger partial charge in [0.1, 0.15) is 5.82 Å². The summed E-state index contributed by atoms with van der Waals surface area (Å²) in [6.45, 7) is 8.07. The standard InChI is InChI=1S/C10H14N2S.C2H6/c1-7-9-6-13-5-3-4-10(9)12-8(2)11-7;1-2/h3-6H2,1-2H3;1-2H3. The molecule has 2 heterocycles. The largest absolute Gasteiger partial charge is 0.238 e. The Bertz CT molecular complexity index is 324. The van der Waals surface area contributed by atoms with E-state index in [1.807, 2.05) is 32.5 Å². The smallest absolute Gasteiger partial charge is 0.125 e. The summed E-state index contributed by atoms with van der Waals surface area (Å²) in [7, 11) is 0. The monoisotopic (exact) mass is 224 g/mol. The first-order chi connectivity index (χ1) is 7.27. The quantitative estimate of drug-likeness (QED) is 0.676. The van der Waals surface area contributed by atoms with Crippen LogP contribution >= 0.6 is 11.8 Å². The van der Waals surface area contributed by atoms with E-state index >= 15 is 0 Å². The summed E-state index contributed by atoms with van der Waals surface area (Å²) in [5.74, 6) is 3.28. The third-order valence-corrected chi connectivity index (χ3v) is 3.43. The minimum absolute atomic E-state index is 0.920. The molecule has 2 nitrogen and oxygen atoms in total. The Hall–Kier alpha value is -0.570. The van der Waals surface area contributed by atoms with Crippen molar-refractivity contribution < 1.29 is 0 Å². The highest BCUT2D eigenvalue weighted by Crippen LogP contribution is 2.24. The van der Waals surface area contributed by atoms with Gasteiger partial charge in [0.05, 0.1) is 0 Å². The molecule has 0 radical (unpaired) electrons. The molecule has 84 valence electrons. The second-order valence-corrected chi connectivity index (χ2v) is 4.54. The van der Waals surface area contributed by atoms with Gasteiger partial charge in [0, 0.05) is 22.7 Å². The third-order valence-electron chi connectivity index (χ3n) is 2.36. The van der Waals surface area contributed by atoms with Crippen molar-refractivity contribution in [2.24, 2.45) is 0 Å². The van der Waals surface area contributed by atoms with Gasteiger partial charge < -0.3 is 0 Å². The van der Waals surface area contributed by atoms with Gasteiger partial charge in [0.25, 0.3) is 0 Å². The SMILES string of the molecule is CC.Cc1nc(C)c2c(n1)CCCSC2. The fourth-order valence-electron chi connectivity index (χ4n) is 1.72. The number of rotatable bonds is 0. The molecule has 0 aromatic carbocycles. The van der Waals surface area contributed by atoms with Crippen LogP contribution in [-0.2, 0) is 12.2 Å². The lowest BCUT2D eigenvalue weighted by Crippen LogP contribution is -2.03. The van der Waals surface area contributed by atoms with E-state index in [0.29, 0.717) is 0 Å². The minimum Gasteiger partial charge on any atom is -0.238 e. The summed E-state index contributed by atoms with van der Waals surface area (Å²) in [6.07, 6.45) is 2.39. The second kappa shape index (κ2) is 6.11. The number of thioether (sulfide) groups is 1. The Balaban J connectivity index is 0.000000531. The van der Waals surface area contributed by atoms with Crippen LogP contribution in [0.2, 0.25) is 0 Å². The Morgan fingerprint density at radius 3 is 2.60 bits per heavy atom. The van der Waals surface area contributed by atoms with Crippen molar-refractivity contribution >= 4 is 11.8 Å². The molecule has 0 amide bonds. The zero-order valence-corrected chi connectivity index (χ0v) is 10.9. The molecule has 0 fully saturated rings. The van der Waals surface area contributed by atoms with Crippen LogP contribution in [0.25, 0.3) is 0 Å². The van der Waals surface area contributed by atoms with Crippen molar-refractivity contribution in [1.29, 1.82) is 0 Å². The molecule has 0 N–H and O–H groups in total. The summed E-state index contributed by atoms with van der Waals surface area (Å²) in [6, 6.07) is 0. The molecule has 0 bridgehead atoms. The normalized spacial score (nSPS) is 14.7. The molecule has 0 unspecified atom stereocenters. The number of hydrogen-bond acceptors (Lipinski definition) is 3. The molecule has 2 rings (SSSR count). The predicted octanol–water partition coefficient (Wildman–Crippen LogP) is 3.30. The van der Waals surface area contributed by atoms with Crippen LogP contribution in [0.4, 0.5) is 0 Å². The van der Waals surface area contributed by atoms with E-state index in [0.717, 1.165) is 18.0 Å². The van der Waals surface area contributed by atoms with Gasteiger partial charge in [-0.25, -0.2) is 9.97 Å². The summed E-state index contributed by atoms with van der Waals surface area (Å²) in [5, 5.41) is 0. The van der Waals surface area contributed by atoms with Crippen molar-refractivity contribution in [3.8, 4) is 0 Å². The lowest BCUT2D eigenvalue weighted by Gasteiger charge is -2.07. The molecule has 3 heteroatoms. The van der Waals surface area contributed by atoms with Crippen LogP contribution in [0, 0.1) is 13.8 Å². The Labute approximate surface area is 96.9 Å². The van der Waals surface area contributed by atoms with Gasteiger partial charge in [-0.15, -0.1) is 0 Å². The van der Waals surface area contributed by atoms with E-state index in [-0.39, 0.29) is 0 Å². The van der Waals surface area contributed by atoms with Crippen LogP contribution in [0.15, 0.2) is 0 Å². The van der Waals surface area contributed by atoms with Crippen LogP contribution in [0.1, 0.15) is 43.0 Å². The Kier molecular flexibility index (Phi) is 5.09. The number of aromatic nitrogens is 2. The molecule has 1 aliphatic heterocycles. The van der Waals surface area contributed by atoms with E-state index < -0.39 is 0 Å². The molecule has 0 saturated carbocycles. The number of nitrogens with zero attached hydrogens (tertiary/aromatic N) is 2. The van der Waals surface area contributed by atoms with Gasteiger partial charge in [-0.2, -0.15) is 11.8 Å². The number of aryl methyl sites for hydroxylation is 3. The zero-order chi connectivity index (χ0) is 11.3. The Morgan fingerprint density at radius 1 is 1.13 bits per heavy atom. The van der Waals surface area contributed by atoms with E-state index in [1.54, 1.807) is 0 Å². The highest BCUT2D eigenvalue weighted by molar-refractivity contribution is 7.98. The van der Waals surface area contributed by atoms with Crippen molar-refractivity contribution in [1.82, 2.24) is 9.97 Å². The van der Waals surface area contributed by atoms with Gasteiger partial charge in [-0.05, 0) is 32.4 Å². The highest BCUT2D eigenvalue weighted by Gasteiger charge is 2.12. The molecule has 0 atom stereocenters. The fourth-order valence-corrected chi connectivity index (χ4v) is 2.79. The average molecular weight is 224 g/mol. The van der Waals surface area contributed by atoms with E-state index in [9.17, 15) is 0 Å². The zero-order valence-electron chi connectivity index (χ0n) is 10.1. The summed E-state index contributed by atoms with van der Waals surface area (Å²) < 4.78 is 0. The van der Waals surface area contributed by atoms with Gasteiger partial charge in [0.2, 0.25) is 0 Å². The highest BCUT2D eigenvalue weighted by atomic mass is 32.2. The molecule has 0 spiro atoms. The van der Waals surface area contributed by atoms with E-state index in [4.69, 9.17) is 0 Å². The fraction of sp³-hybridized carbons (Fsp3) is 0.667. The maximum atomic E-state index is 4.51. The molecular weight excluding hydrogens is 204 g/mol. The van der Waals surface area contributed by atoms with Crippen LogP contribution in [0.3, 0.4) is 0 Å². The van der Waals surface area contributed by atoms with Crippen LogP contribution in [-0.4, -0.2) is 15.7 Å². The summed E-state index contributed by atoms with van der Waals surface area (Å²) in [4.78, 5) is 8.91. The van der Waals surface area contributed by atoms with Crippen molar-refractivity contribution in [3.05, 3.63) is 22.8 Å². The molecule has 0 aliphatic carbocycles. The lowest BCUT2D eigenvalue weighted by molar-refractivity contribution is 0.845. The van der Waals surface area contributed by atoms with Crippen molar-refractivity contribution in [2.45, 2.75) is 46.3 Å². The minimum atomic E-state index is 0.920. The van der Waals surface area contributed by atoms with E-state index in [1.165, 1.54) is 29.1 Å². The first kappa shape index (κ1) is 12.5. The molecule has 1 aliphatic rings. The molecule has 1 aromatic rings. The topological polar surface area (TPSA) is 25.8 Å². The van der Waals surface area contributed by atoms with Gasteiger partial charge in [-0.3, -0.25) is 0 Å². The maximum absolute atomic E-state index is 4.51. The van der Waals surface area contributed by atoms with E-state index in [2.05, 4.69) is 16.9 Å². The first-order valence-corrected chi connectivity index (χ1v) is 6.83. The average Bonchev–Trinajstić information content (AvgIpc) is 2.46. The lowest BCUT2D eigenvalue weighted by atomic mass is 10.1. The van der Waals surface area contributed by atoms with Crippen molar-refractivity contribution in [2.75, 3.05) is 5.75 Å². The van der Waals surface area contributed by atoms with Crippen LogP contribution < -0.4 is 0 Å². The molecule has 0 saturated heterocycles. The first-order valence-electron chi connectivity index (χ1n) is 5.68. The molecule has 1 aromatic heterocycles. The number of fused-ring (bicyclic) bond motifs is 1. The summed E-state index contributed by atoms with van der Waals surface area (Å²) in [5.41, 5.74) is 3.85. The Morgan fingerprint density at radius 2 is 1.87 bits per heavy atom. The van der Waals surface area contributed by atoms with Gasteiger partial charge in [-0.1, -0.05) is 13.8 Å². The van der Waals surface area contributed by atoms with Gasteiger partial charge in [0.15, 0.2) is 0 Å².